The molecule has 0 amide bonds. The van der Waals surface area contributed by atoms with E-state index in [-0.39, 0.29) is 18.5 Å². The normalized spacial score (nSPS) is 16.4. The second-order valence-electron chi connectivity index (χ2n) is 4.20. The van der Waals surface area contributed by atoms with E-state index in [0.29, 0.717) is 5.75 Å². The van der Waals surface area contributed by atoms with Crippen LogP contribution in [0.25, 0.3) is 0 Å². The van der Waals surface area contributed by atoms with Gasteiger partial charge in [0.05, 0.1) is 13.7 Å². The van der Waals surface area contributed by atoms with Crippen molar-refractivity contribution in [2.75, 3.05) is 7.11 Å². The van der Waals surface area contributed by atoms with E-state index in [4.69, 9.17) is 14.6 Å². The summed E-state index contributed by atoms with van der Waals surface area (Å²) in [4.78, 5) is 11.5. The second-order valence-corrected chi connectivity index (χ2v) is 4.20. The third-order valence-corrected chi connectivity index (χ3v) is 2.85. The Morgan fingerprint density at radius 1 is 1.41 bits per heavy atom. The van der Waals surface area contributed by atoms with Gasteiger partial charge in [-0.1, -0.05) is 12.1 Å². The minimum atomic E-state index is -0.500. The van der Waals surface area contributed by atoms with Crippen molar-refractivity contribution >= 4 is 5.97 Å². The third-order valence-electron chi connectivity index (χ3n) is 2.85. The van der Waals surface area contributed by atoms with Crippen molar-refractivity contribution in [1.29, 1.82) is 0 Å². The number of aliphatic hydroxyl groups excluding tert-OH is 1. The lowest BCUT2D eigenvalue weighted by atomic mass is 10.2. The number of carbonyl (C=O) groups excluding carboxylic acids is 1. The van der Waals surface area contributed by atoms with Crippen molar-refractivity contribution in [2.45, 2.75) is 25.6 Å². The monoisotopic (exact) mass is 236 g/mol. The fourth-order valence-corrected chi connectivity index (χ4v) is 1.67. The van der Waals surface area contributed by atoms with Gasteiger partial charge in [0, 0.05) is 5.92 Å². The highest BCUT2D eigenvalue weighted by Crippen LogP contribution is 2.35. The summed E-state index contributed by atoms with van der Waals surface area (Å²) in [5.41, 5.74) is 0.818. The molecule has 1 N–H and O–H groups in total. The van der Waals surface area contributed by atoms with E-state index in [2.05, 4.69) is 0 Å². The van der Waals surface area contributed by atoms with Crippen LogP contribution in [0.5, 0.6) is 5.75 Å². The lowest BCUT2D eigenvalue weighted by molar-refractivity contribution is -0.149. The molecule has 1 aliphatic rings. The average molecular weight is 236 g/mol. The van der Waals surface area contributed by atoms with Crippen molar-refractivity contribution in [3.05, 3.63) is 29.8 Å². The Labute approximate surface area is 100 Å². The van der Waals surface area contributed by atoms with Gasteiger partial charge in [-0.25, -0.2) is 4.79 Å². The Kier molecular flexibility index (Phi) is 3.64. The second kappa shape index (κ2) is 5.19. The van der Waals surface area contributed by atoms with Crippen LogP contribution in [0, 0.1) is 5.92 Å². The molecular weight excluding hydrogens is 220 g/mol. The molecule has 1 saturated carbocycles. The van der Waals surface area contributed by atoms with Crippen LogP contribution < -0.4 is 4.74 Å². The third kappa shape index (κ3) is 2.97. The number of carbonyl (C=O) groups is 1. The van der Waals surface area contributed by atoms with E-state index in [1.807, 2.05) is 0 Å². The molecule has 0 aliphatic heterocycles. The van der Waals surface area contributed by atoms with E-state index < -0.39 is 6.10 Å². The van der Waals surface area contributed by atoms with Crippen LogP contribution in [-0.4, -0.2) is 24.3 Å². The maximum absolute atomic E-state index is 11.5. The summed E-state index contributed by atoms with van der Waals surface area (Å²) in [6.45, 7) is 0.00331. The highest BCUT2D eigenvalue weighted by Gasteiger charge is 2.38. The summed E-state index contributed by atoms with van der Waals surface area (Å²) in [6, 6.07) is 7.06. The van der Waals surface area contributed by atoms with Crippen LogP contribution >= 0.6 is 0 Å². The van der Waals surface area contributed by atoms with Crippen molar-refractivity contribution in [1.82, 2.24) is 0 Å². The van der Waals surface area contributed by atoms with Gasteiger partial charge in [0.1, 0.15) is 5.75 Å². The Morgan fingerprint density at radius 2 is 2.06 bits per heavy atom. The molecule has 0 spiro atoms. The van der Waals surface area contributed by atoms with E-state index in [0.717, 1.165) is 18.4 Å². The van der Waals surface area contributed by atoms with Crippen molar-refractivity contribution < 1.29 is 19.4 Å². The van der Waals surface area contributed by atoms with Gasteiger partial charge >= 0.3 is 5.97 Å². The summed E-state index contributed by atoms with van der Waals surface area (Å²) in [6.07, 6.45) is 1.52. The molecule has 92 valence electrons. The topological polar surface area (TPSA) is 55.8 Å². The quantitative estimate of drug-likeness (QED) is 0.787. The number of benzene rings is 1. The average Bonchev–Trinajstić information content (AvgIpc) is 3.20. The first-order valence-electron chi connectivity index (χ1n) is 5.69. The summed E-state index contributed by atoms with van der Waals surface area (Å²) in [5, 5.41) is 8.92. The predicted octanol–water partition coefficient (Wildman–Crippen LogP) is 1.51. The molecular formula is C13H16O4. The molecule has 1 aromatic rings. The van der Waals surface area contributed by atoms with E-state index in [9.17, 15) is 4.79 Å². The first-order valence-corrected chi connectivity index (χ1v) is 5.69. The molecule has 0 heterocycles. The highest BCUT2D eigenvalue weighted by molar-refractivity contribution is 5.75. The zero-order chi connectivity index (χ0) is 12.3. The molecule has 0 radical (unpaired) electrons. The number of hydrogen-bond donors (Lipinski definition) is 1. The number of ether oxygens (including phenoxy) is 2. The van der Waals surface area contributed by atoms with Gasteiger partial charge in [0.25, 0.3) is 0 Å². The molecule has 1 aliphatic carbocycles. The smallest absolute Gasteiger partial charge is 0.347 e. The minimum Gasteiger partial charge on any atom is -0.478 e. The Morgan fingerprint density at radius 3 is 2.53 bits per heavy atom. The number of aliphatic hydroxyl groups is 1. The Hall–Kier alpha value is -1.55. The van der Waals surface area contributed by atoms with Crippen LogP contribution in [0.15, 0.2) is 24.3 Å². The van der Waals surface area contributed by atoms with Crippen LogP contribution in [0.3, 0.4) is 0 Å². The van der Waals surface area contributed by atoms with Crippen LogP contribution in [0.1, 0.15) is 18.4 Å². The lowest BCUT2D eigenvalue weighted by Gasteiger charge is -2.16. The molecule has 17 heavy (non-hydrogen) atoms. The van der Waals surface area contributed by atoms with Gasteiger partial charge in [0.2, 0.25) is 0 Å². The van der Waals surface area contributed by atoms with Crippen molar-refractivity contribution in [3.63, 3.8) is 0 Å². The van der Waals surface area contributed by atoms with Crippen molar-refractivity contribution in [3.8, 4) is 5.75 Å². The number of esters is 1. The predicted molar refractivity (Wildman–Crippen MR) is 61.5 cm³/mol. The lowest BCUT2D eigenvalue weighted by Crippen LogP contribution is -2.30. The van der Waals surface area contributed by atoms with Crippen LogP contribution in [0.2, 0.25) is 0 Å². The van der Waals surface area contributed by atoms with Gasteiger partial charge in [-0.3, -0.25) is 0 Å². The first kappa shape index (κ1) is 11.9. The standard InChI is InChI=1S/C13H16O4/c1-16-13(15)12(10-4-5-10)17-11-6-2-9(8-14)3-7-11/h2-3,6-7,10,12,14H,4-5,8H2,1H3. The Balaban J connectivity index is 2.03. The van der Waals surface area contributed by atoms with Crippen molar-refractivity contribution in [2.24, 2.45) is 5.92 Å². The first-order chi connectivity index (χ1) is 8.24. The van der Waals surface area contributed by atoms with E-state index in [1.165, 1.54) is 7.11 Å². The zero-order valence-corrected chi connectivity index (χ0v) is 9.76. The molecule has 4 heteroatoms. The number of rotatable bonds is 5. The maximum atomic E-state index is 11.5. The molecule has 1 atom stereocenters. The summed E-state index contributed by atoms with van der Waals surface area (Å²) in [7, 11) is 1.37. The molecule has 2 rings (SSSR count). The fourth-order valence-electron chi connectivity index (χ4n) is 1.67. The summed E-state index contributed by atoms with van der Waals surface area (Å²) >= 11 is 0. The number of methoxy groups -OCH3 is 1. The SMILES string of the molecule is COC(=O)C(Oc1ccc(CO)cc1)C1CC1. The largest absolute Gasteiger partial charge is 0.478 e. The zero-order valence-electron chi connectivity index (χ0n) is 9.76. The van der Waals surface area contributed by atoms with Gasteiger partial charge in [-0.2, -0.15) is 0 Å². The van der Waals surface area contributed by atoms with E-state index >= 15 is 0 Å². The van der Waals surface area contributed by atoms with Gasteiger partial charge in [-0.15, -0.1) is 0 Å². The molecule has 0 bridgehead atoms. The minimum absolute atomic E-state index is 0.00331. The van der Waals surface area contributed by atoms with E-state index in [1.54, 1.807) is 24.3 Å². The molecule has 4 nitrogen and oxygen atoms in total. The molecule has 1 fully saturated rings. The summed E-state index contributed by atoms with van der Waals surface area (Å²) < 4.78 is 10.4. The van der Waals surface area contributed by atoms with Gasteiger partial charge < -0.3 is 14.6 Å². The van der Waals surface area contributed by atoms with Gasteiger partial charge in [0.15, 0.2) is 6.10 Å². The molecule has 0 saturated heterocycles. The molecule has 1 unspecified atom stereocenters. The fraction of sp³-hybridized carbons (Fsp3) is 0.462. The van der Waals surface area contributed by atoms with Crippen LogP contribution in [-0.2, 0) is 16.1 Å². The summed E-state index contributed by atoms with van der Waals surface area (Å²) in [5.74, 6) is 0.586. The van der Waals surface area contributed by atoms with Gasteiger partial charge in [-0.05, 0) is 30.5 Å². The van der Waals surface area contributed by atoms with Crippen LogP contribution in [0.4, 0.5) is 0 Å². The Bertz CT molecular complexity index is 381. The maximum Gasteiger partial charge on any atom is 0.347 e. The highest BCUT2D eigenvalue weighted by atomic mass is 16.6. The molecule has 0 aromatic heterocycles. The molecule has 1 aromatic carbocycles. The number of hydrogen-bond acceptors (Lipinski definition) is 4.